The lowest BCUT2D eigenvalue weighted by Gasteiger charge is -2.15. The minimum atomic E-state index is -0.191. The van der Waals surface area contributed by atoms with Gasteiger partial charge < -0.3 is 10.5 Å². The Morgan fingerprint density at radius 2 is 1.89 bits per heavy atom. The molecule has 3 heteroatoms. The van der Waals surface area contributed by atoms with Crippen molar-refractivity contribution in [1.82, 2.24) is 0 Å². The van der Waals surface area contributed by atoms with E-state index >= 15 is 0 Å². The van der Waals surface area contributed by atoms with Crippen LogP contribution in [0.5, 0.6) is 0 Å². The lowest BCUT2D eigenvalue weighted by Crippen LogP contribution is -2.19. The molecule has 1 aromatic rings. The van der Waals surface area contributed by atoms with Crippen LogP contribution in [-0.4, -0.2) is 19.8 Å². The van der Waals surface area contributed by atoms with Crippen LogP contribution < -0.4 is 5.73 Å². The van der Waals surface area contributed by atoms with Crippen LogP contribution in [0.4, 0.5) is 4.39 Å². The summed E-state index contributed by atoms with van der Waals surface area (Å²) in [6, 6.07) is 6.65. The summed E-state index contributed by atoms with van der Waals surface area (Å²) in [6.07, 6.45) is 1.85. The van der Waals surface area contributed by atoms with Gasteiger partial charge in [0, 0.05) is 13.2 Å². The highest BCUT2D eigenvalue weighted by molar-refractivity contribution is 5.16. The smallest absolute Gasteiger partial charge is 0.123 e. The maximum absolute atomic E-state index is 12.8. The number of hydrogen-bond donors (Lipinski definition) is 1. The zero-order valence-corrected chi connectivity index (χ0v) is 11.4. The van der Waals surface area contributed by atoms with Gasteiger partial charge in [-0.1, -0.05) is 26.0 Å². The summed E-state index contributed by atoms with van der Waals surface area (Å²) < 4.78 is 18.4. The first-order valence-corrected chi connectivity index (χ1v) is 6.64. The predicted octanol–water partition coefficient (Wildman–Crippen LogP) is 3.01. The van der Waals surface area contributed by atoms with Crippen molar-refractivity contribution < 1.29 is 9.13 Å². The molecule has 0 saturated carbocycles. The van der Waals surface area contributed by atoms with Gasteiger partial charge in [0.2, 0.25) is 0 Å². The van der Waals surface area contributed by atoms with E-state index in [-0.39, 0.29) is 5.82 Å². The fourth-order valence-electron chi connectivity index (χ4n) is 1.83. The van der Waals surface area contributed by atoms with Crippen LogP contribution in [0.1, 0.15) is 25.8 Å². The Hall–Kier alpha value is -0.930. The third kappa shape index (κ3) is 6.12. The summed E-state index contributed by atoms with van der Waals surface area (Å²) >= 11 is 0. The van der Waals surface area contributed by atoms with E-state index in [2.05, 4.69) is 13.8 Å². The van der Waals surface area contributed by atoms with Gasteiger partial charge in [-0.3, -0.25) is 0 Å². The minimum absolute atomic E-state index is 0.191. The molecule has 0 heterocycles. The number of hydrogen-bond acceptors (Lipinski definition) is 2. The van der Waals surface area contributed by atoms with Gasteiger partial charge in [-0.25, -0.2) is 4.39 Å². The van der Waals surface area contributed by atoms with Crippen molar-refractivity contribution in [3.05, 3.63) is 35.6 Å². The lowest BCUT2D eigenvalue weighted by molar-refractivity contribution is 0.0984. The van der Waals surface area contributed by atoms with Crippen LogP contribution in [0.15, 0.2) is 24.3 Å². The molecule has 18 heavy (non-hydrogen) atoms. The van der Waals surface area contributed by atoms with E-state index in [1.54, 1.807) is 0 Å². The van der Waals surface area contributed by atoms with Crippen molar-refractivity contribution in [3.8, 4) is 0 Å². The zero-order chi connectivity index (χ0) is 13.4. The minimum Gasteiger partial charge on any atom is -0.381 e. The van der Waals surface area contributed by atoms with Gasteiger partial charge in [0.1, 0.15) is 5.82 Å². The molecular weight excluding hydrogens is 229 g/mol. The molecule has 0 aliphatic rings. The first kappa shape index (κ1) is 15.1. The summed E-state index contributed by atoms with van der Waals surface area (Å²) in [5, 5.41) is 0. The topological polar surface area (TPSA) is 35.2 Å². The Bertz CT molecular complexity index is 324. The molecular formula is C15H24FNO. The molecule has 0 amide bonds. The summed E-state index contributed by atoms with van der Waals surface area (Å²) in [6.45, 7) is 6.47. The molecule has 0 bridgehead atoms. The van der Waals surface area contributed by atoms with Crippen LogP contribution >= 0.6 is 0 Å². The Morgan fingerprint density at radius 3 is 2.44 bits per heavy atom. The van der Waals surface area contributed by atoms with Crippen molar-refractivity contribution in [2.45, 2.75) is 26.7 Å². The Kier molecular flexibility index (Phi) is 6.91. The van der Waals surface area contributed by atoms with Crippen molar-refractivity contribution in [1.29, 1.82) is 0 Å². The second-order valence-electron chi connectivity index (χ2n) is 5.19. The fourth-order valence-corrected chi connectivity index (χ4v) is 1.83. The van der Waals surface area contributed by atoms with Gasteiger partial charge in [-0.15, -0.1) is 0 Å². The van der Waals surface area contributed by atoms with E-state index in [4.69, 9.17) is 10.5 Å². The molecule has 1 rings (SSSR count). The SMILES string of the molecule is CC(C)COCCC(CN)Cc1ccc(F)cc1. The van der Waals surface area contributed by atoms with Crippen LogP contribution in [-0.2, 0) is 11.2 Å². The van der Waals surface area contributed by atoms with Crippen LogP contribution in [0.25, 0.3) is 0 Å². The van der Waals surface area contributed by atoms with Crippen LogP contribution in [0.2, 0.25) is 0 Å². The van der Waals surface area contributed by atoms with Crippen LogP contribution in [0, 0.1) is 17.7 Å². The third-order valence-corrected chi connectivity index (χ3v) is 2.89. The molecule has 102 valence electrons. The number of benzene rings is 1. The Balaban J connectivity index is 2.30. The van der Waals surface area contributed by atoms with Crippen molar-refractivity contribution in [2.75, 3.05) is 19.8 Å². The van der Waals surface area contributed by atoms with Gasteiger partial charge in [-0.2, -0.15) is 0 Å². The molecule has 1 unspecified atom stereocenters. The number of nitrogens with two attached hydrogens (primary N) is 1. The third-order valence-electron chi connectivity index (χ3n) is 2.89. The zero-order valence-electron chi connectivity index (χ0n) is 11.4. The summed E-state index contributed by atoms with van der Waals surface area (Å²) in [4.78, 5) is 0. The highest BCUT2D eigenvalue weighted by Crippen LogP contribution is 2.12. The molecule has 2 nitrogen and oxygen atoms in total. The highest BCUT2D eigenvalue weighted by atomic mass is 19.1. The first-order valence-electron chi connectivity index (χ1n) is 6.64. The monoisotopic (exact) mass is 253 g/mol. The van der Waals surface area contributed by atoms with Gasteiger partial charge >= 0.3 is 0 Å². The number of rotatable bonds is 8. The molecule has 0 aliphatic carbocycles. The molecule has 1 atom stereocenters. The van der Waals surface area contributed by atoms with E-state index in [9.17, 15) is 4.39 Å². The molecule has 0 aromatic heterocycles. The Morgan fingerprint density at radius 1 is 1.22 bits per heavy atom. The first-order chi connectivity index (χ1) is 8.61. The van der Waals surface area contributed by atoms with Gasteiger partial charge in [0.25, 0.3) is 0 Å². The molecule has 0 saturated heterocycles. The van der Waals surface area contributed by atoms with E-state index < -0.39 is 0 Å². The predicted molar refractivity (Wildman–Crippen MR) is 72.9 cm³/mol. The van der Waals surface area contributed by atoms with Crippen LogP contribution in [0.3, 0.4) is 0 Å². The highest BCUT2D eigenvalue weighted by Gasteiger charge is 2.08. The molecule has 1 aromatic carbocycles. The molecule has 2 N–H and O–H groups in total. The van der Waals surface area contributed by atoms with Crippen molar-refractivity contribution in [3.63, 3.8) is 0 Å². The molecule has 0 aliphatic heterocycles. The second kappa shape index (κ2) is 8.22. The van der Waals surface area contributed by atoms with E-state index in [0.717, 1.165) is 31.6 Å². The second-order valence-corrected chi connectivity index (χ2v) is 5.19. The number of halogens is 1. The average molecular weight is 253 g/mol. The van der Waals surface area contributed by atoms with Crippen molar-refractivity contribution >= 4 is 0 Å². The quantitative estimate of drug-likeness (QED) is 0.723. The maximum atomic E-state index is 12.8. The summed E-state index contributed by atoms with van der Waals surface area (Å²) in [7, 11) is 0. The fraction of sp³-hybridized carbons (Fsp3) is 0.600. The Labute approximate surface area is 109 Å². The average Bonchev–Trinajstić information content (AvgIpc) is 2.35. The van der Waals surface area contributed by atoms with Crippen molar-refractivity contribution in [2.24, 2.45) is 17.6 Å². The van der Waals surface area contributed by atoms with Gasteiger partial charge in [0.05, 0.1) is 0 Å². The maximum Gasteiger partial charge on any atom is 0.123 e. The largest absolute Gasteiger partial charge is 0.381 e. The number of ether oxygens (including phenoxy) is 1. The molecule has 0 fully saturated rings. The van der Waals surface area contributed by atoms with E-state index in [1.165, 1.54) is 12.1 Å². The summed E-state index contributed by atoms with van der Waals surface area (Å²) in [5.74, 6) is 0.782. The summed E-state index contributed by atoms with van der Waals surface area (Å²) in [5.41, 5.74) is 6.90. The normalized spacial score (nSPS) is 12.9. The van der Waals surface area contributed by atoms with E-state index in [0.29, 0.717) is 18.4 Å². The lowest BCUT2D eigenvalue weighted by atomic mass is 9.96. The van der Waals surface area contributed by atoms with Gasteiger partial charge in [0.15, 0.2) is 0 Å². The van der Waals surface area contributed by atoms with Gasteiger partial charge in [-0.05, 0) is 48.9 Å². The molecule has 0 spiro atoms. The molecule has 0 radical (unpaired) electrons. The van der Waals surface area contributed by atoms with E-state index in [1.807, 2.05) is 12.1 Å². The standard InChI is InChI=1S/C15H24FNO/c1-12(2)11-18-8-7-14(10-17)9-13-3-5-15(16)6-4-13/h3-6,12,14H,7-11,17H2,1-2H3.